The summed E-state index contributed by atoms with van der Waals surface area (Å²) >= 11 is 0. The lowest BCUT2D eigenvalue weighted by Crippen LogP contribution is -2.59. The largest absolute Gasteiger partial charge is 0.385 e. The number of amides is 2. The summed E-state index contributed by atoms with van der Waals surface area (Å²) in [6.45, 7) is 4.00. The molecule has 2 fully saturated rings. The van der Waals surface area contributed by atoms with Crippen molar-refractivity contribution in [1.82, 2.24) is 15.2 Å². The first kappa shape index (κ1) is 16.2. The zero-order chi connectivity index (χ0) is 16.3. The van der Waals surface area contributed by atoms with Crippen molar-refractivity contribution in [3.63, 3.8) is 0 Å². The van der Waals surface area contributed by atoms with Gasteiger partial charge in [0.25, 0.3) is 0 Å². The molecule has 0 spiro atoms. The summed E-state index contributed by atoms with van der Waals surface area (Å²) in [6, 6.07) is 3.88. The molecule has 0 radical (unpaired) electrons. The third-order valence-corrected chi connectivity index (χ3v) is 4.88. The van der Waals surface area contributed by atoms with E-state index in [1.807, 2.05) is 19.1 Å². The molecule has 2 heterocycles. The summed E-state index contributed by atoms with van der Waals surface area (Å²) < 4.78 is 5.46. The smallest absolute Gasteiger partial charge is 0.317 e. The van der Waals surface area contributed by atoms with Crippen molar-refractivity contribution in [3.05, 3.63) is 30.1 Å². The monoisotopic (exact) mass is 319 g/mol. The molecule has 2 N–H and O–H groups in total. The van der Waals surface area contributed by atoms with Crippen LogP contribution in [-0.4, -0.2) is 52.9 Å². The van der Waals surface area contributed by atoms with Crippen LogP contribution in [0.5, 0.6) is 0 Å². The van der Waals surface area contributed by atoms with Crippen molar-refractivity contribution in [2.24, 2.45) is 0 Å². The van der Waals surface area contributed by atoms with Gasteiger partial charge in [-0.3, -0.25) is 4.98 Å². The fraction of sp³-hybridized carbons (Fsp3) is 0.647. The van der Waals surface area contributed by atoms with Gasteiger partial charge in [0.2, 0.25) is 0 Å². The van der Waals surface area contributed by atoms with Crippen molar-refractivity contribution in [2.75, 3.05) is 19.7 Å². The van der Waals surface area contributed by atoms with E-state index in [0.29, 0.717) is 32.5 Å². The standard InChI is InChI=1S/C17H25N3O3/c1-2-23-15-11-20(12-15)16(21)19-14-5-7-17(22,8-6-14)13-4-3-9-18-10-13/h3-4,9-10,14-15,22H,2,5-8,11-12H2,1H3,(H,19,21). The molecule has 1 saturated carbocycles. The molecule has 1 aromatic heterocycles. The van der Waals surface area contributed by atoms with E-state index >= 15 is 0 Å². The van der Waals surface area contributed by atoms with Crippen molar-refractivity contribution in [3.8, 4) is 0 Å². The number of nitrogens with zero attached hydrogens (tertiary/aromatic N) is 2. The Labute approximate surface area is 136 Å². The second kappa shape index (κ2) is 6.84. The number of hydrogen-bond acceptors (Lipinski definition) is 4. The van der Waals surface area contributed by atoms with E-state index in [2.05, 4.69) is 10.3 Å². The highest BCUT2D eigenvalue weighted by Crippen LogP contribution is 2.36. The van der Waals surface area contributed by atoms with E-state index in [4.69, 9.17) is 4.74 Å². The van der Waals surface area contributed by atoms with Gasteiger partial charge in [-0.2, -0.15) is 0 Å². The van der Waals surface area contributed by atoms with Crippen LogP contribution < -0.4 is 5.32 Å². The molecule has 2 amide bonds. The first-order chi connectivity index (χ1) is 11.1. The van der Waals surface area contributed by atoms with Crippen LogP contribution in [-0.2, 0) is 10.3 Å². The molecule has 0 bridgehead atoms. The molecule has 1 aliphatic carbocycles. The fourth-order valence-electron chi connectivity index (χ4n) is 3.38. The maximum Gasteiger partial charge on any atom is 0.317 e. The Morgan fingerprint density at radius 2 is 2.22 bits per heavy atom. The molecule has 1 aliphatic heterocycles. The zero-order valence-electron chi connectivity index (χ0n) is 13.6. The maximum absolute atomic E-state index is 12.2. The van der Waals surface area contributed by atoms with Gasteiger partial charge in [0, 0.05) is 30.6 Å². The molecule has 0 atom stereocenters. The average molecular weight is 319 g/mol. The summed E-state index contributed by atoms with van der Waals surface area (Å²) in [7, 11) is 0. The van der Waals surface area contributed by atoms with E-state index < -0.39 is 5.60 Å². The van der Waals surface area contributed by atoms with Crippen LogP contribution in [0.1, 0.15) is 38.2 Å². The number of carbonyl (C=O) groups is 1. The van der Waals surface area contributed by atoms with Crippen LogP contribution in [0.15, 0.2) is 24.5 Å². The summed E-state index contributed by atoms with van der Waals surface area (Å²) in [5.74, 6) is 0. The van der Waals surface area contributed by atoms with Gasteiger partial charge < -0.3 is 20.1 Å². The minimum Gasteiger partial charge on any atom is -0.385 e. The van der Waals surface area contributed by atoms with Gasteiger partial charge in [-0.05, 0) is 38.7 Å². The molecule has 6 nitrogen and oxygen atoms in total. The topological polar surface area (TPSA) is 74.7 Å². The molecule has 23 heavy (non-hydrogen) atoms. The number of aromatic nitrogens is 1. The number of likely N-dealkylation sites (tertiary alicyclic amines) is 1. The second-order valence-electron chi connectivity index (χ2n) is 6.48. The molecule has 126 valence electrons. The summed E-state index contributed by atoms with van der Waals surface area (Å²) in [4.78, 5) is 18.0. The van der Waals surface area contributed by atoms with Gasteiger partial charge in [0.1, 0.15) is 0 Å². The van der Waals surface area contributed by atoms with Crippen LogP contribution in [0.4, 0.5) is 4.79 Å². The Kier molecular flexibility index (Phi) is 4.82. The highest BCUT2D eigenvalue weighted by molar-refractivity contribution is 5.75. The van der Waals surface area contributed by atoms with Gasteiger partial charge >= 0.3 is 6.03 Å². The molecule has 3 rings (SSSR count). The van der Waals surface area contributed by atoms with Gasteiger partial charge in [-0.15, -0.1) is 0 Å². The van der Waals surface area contributed by atoms with Gasteiger partial charge in [-0.25, -0.2) is 4.79 Å². The molecular formula is C17H25N3O3. The predicted octanol–water partition coefficient (Wildman–Crippen LogP) is 1.64. The molecule has 1 aromatic rings. The third-order valence-electron chi connectivity index (χ3n) is 4.88. The quantitative estimate of drug-likeness (QED) is 0.885. The van der Waals surface area contributed by atoms with E-state index in [-0.39, 0.29) is 18.2 Å². The van der Waals surface area contributed by atoms with Crippen LogP contribution in [0.2, 0.25) is 0 Å². The molecule has 2 aliphatic rings. The summed E-state index contributed by atoms with van der Waals surface area (Å²) in [6.07, 6.45) is 6.47. The van der Waals surface area contributed by atoms with Crippen molar-refractivity contribution < 1.29 is 14.6 Å². The SMILES string of the molecule is CCOC1CN(C(=O)NC2CCC(O)(c3cccnc3)CC2)C1. The van der Waals surface area contributed by atoms with Crippen LogP contribution in [0.25, 0.3) is 0 Å². The molecule has 0 aromatic carbocycles. The third kappa shape index (κ3) is 3.64. The number of urea groups is 1. The zero-order valence-corrected chi connectivity index (χ0v) is 13.6. The number of carbonyl (C=O) groups excluding carboxylic acids is 1. The summed E-state index contributed by atoms with van der Waals surface area (Å²) in [5, 5.41) is 13.9. The van der Waals surface area contributed by atoms with Crippen molar-refractivity contribution in [1.29, 1.82) is 0 Å². The first-order valence-corrected chi connectivity index (χ1v) is 8.40. The minimum atomic E-state index is -0.813. The summed E-state index contributed by atoms with van der Waals surface area (Å²) in [5.41, 5.74) is 0.0545. The number of aliphatic hydroxyl groups is 1. The molecule has 0 unspecified atom stereocenters. The van der Waals surface area contributed by atoms with Crippen LogP contribution >= 0.6 is 0 Å². The molecule has 1 saturated heterocycles. The van der Waals surface area contributed by atoms with Crippen LogP contribution in [0, 0.1) is 0 Å². The lowest BCUT2D eigenvalue weighted by molar-refractivity contribution is -0.0326. The van der Waals surface area contributed by atoms with E-state index in [1.165, 1.54) is 0 Å². The highest BCUT2D eigenvalue weighted by atomic mass is 16.5. The first-order valence-electron chi connectivity index (χ1n) is 8.40. The van der Waals surface area contributed by atoms with Crippen molar-refractivity contribution >= 4 is 6.03 Å². The normalized spacial score (nSPS) is 28.3. The Bertz CT molecular complexity index is 523. The predicted molar refractivity (Wildman–Crippen MR) is 85.9 cm³/mol. The second-order valence-corrected chi connectivity index (χ2v) is 6.48. The Morgan fingerprint density at radius 1 is 1.48 bits per heavy atom. The van der Waals surface area contributed by atoms with Gasteiger partial charge in [0.15, 0.2) is 0 Å². The van der Waals surface area contributed by atoms with Crippen molar-refractivity contribution in [2.45, 2.75) is 50.4 Å². The average Bonchev–Trinajstić information content (AvgIpc) is 2.53. The lowest BCUT2D eigenvalue weighted by atomic mass is 9.78. The molecule has 6 heteroatoms. The minimum absolute atomic E-state index is 0.0160. The number of pyridine rings is 1. The fourth-order valence-corrected chi connectivity index (χ4v) is 3.38. The lowest BCUT2D eigenvalue weighted by Gasteiger charge is -2.41. The number of rotatable bonds is 4. The Hall–Kier alpha value is -1.66. The van der Waals surface area contributed by atoms with Gasteiger partial charge in [0.05, 0.1) is 24.8 Å². The number of hydrogen-bond donors (Lipinski definition) is 2. The van der Waals surface area contributed by atoms with E-state index in [0.717, 1.165) is 18.4 Å². The highest BCUT2D eigenvalue weighted by Gasteiger charge is 2.37. The number of nitrogens with one attached hydrogen (secondary N) is 1. The van der Waals surface area contributed by atoms with E-state index in [9.17, 15) is 9.90 Å². The van der Waals surface area contributed by atoms with Crippen LogP contribution in [0.3, 0.4) is 0 Å². The maximum atomic E-state index is 12.2. The Morgan fingerprint density at radius 3 is 2.83 bits per heavy atom. The Balaban J connectivity index is 1.45. The molecular weight excluding hydrogens is 294 g/mol. The number of ether oxygens (including phenoxy) is 1. The van der Waals surface area contributed by atoms with Gasteiger partial charge in [-0.1, -0.05) is 6.07 Å². The van der Waals surface area contributed by atoms with E-state index in [1.54, 1.807) is 17.3 Å².